The Morgan fingerprint density at radius 1 is 0.747 bits per heavy atom. The topological polar surface area (TPSA) is 210 Å². The van der Waals surface area contributed by atoms with E-state index in [1.165, 1.54) is 56.8 Å². The minimum atomic E-state index is -0.706. The number of benzene rings is 2. The predicted molar refractivity (Wildman–Crippen MR) is 280 cm³/mol. The Kier molecular flexibility index (Phi) is 20.2. The number of carbonyl (C=O) groups is 2. The molecular formula is C54H61Cl3F2N8O8. The lowest BCUT2D eigenvalue weighted by atomic mass is 9.93. The van der Waals surface area contributed by atoms with Crippen LogP contribution in [0.4, 0.5) is 20.4 Å². The van der Waals surface area contributed by atoms with Crippen LogP contribution in [0.15, 0.2) is 82.8 Å². The Hall–Kier alpha value is -5.73. The van der Waals surface area contributed by atoms with Gasteiger partial charge in [0.2, 0.25) is 0 Å². The molecule has 400 valence electrons. The van der Waals surface area contributed by atoms with Crippen molar-refractivity contribution >= 4 is 58.0 Å². The molecule has 2 aliphatic heterocycles. The number of fused-ring (bicyclic) bond motifs is 2. The van der Waals surface area contributed by atoms with E-state index in [-0.39, 0.29) is 48.6 Å². The summed E-state index contributed by atoms with van der Waals surface area (Å²) in [6.45, 7) is 2.86. The first-order valence-corrected chi connectivity index (χ1v) is 26.6. The predicted octanol–water partition coefficient (Wildman–Crippen LogP) is 10.1. The Labute approximate surface area is 448 Å². The number of halogens is 5. The largest absolute Gasteiger partial charge is 0.484 e. The number of alkyl halides is 1. The van der Waals surface area contributed by atoms with Gasteiger partial charge in [-0.1, -0.05) is 23.2 Å². The second-order valence-electron chi connectivity index (χ2n) is 19.0. The Morgan fingerprint density at radius 3 is 1.76 bits per heavy atom. The van der Waals surface area contributed by atoms with Crippen molar-refractivity contribution in [3.05, 3.63) is 141 Å². The number of anilines is 2. The average molecular weight is 1090 g/mol. The summed E-state index contributed by atoms with van der Waals surface area (Å²) >= 11 is 18.3. The van der Waals surface area contributed by atoms with Crippen LogP contribution in [0.2, 0.25) is 10.0 Å². The third-order valence-electron chi connectivity index (χ3n) is 13.5. The van der Waals surface area contributed by atoms with E-state index in [1.807, 2.05) is 4.90 Å². The van der Waals surface area contributed by atoms with E-state index < -0.39 is 18.0 Å². The highest BCUT2D eigenvalue weighted by molar-refractivity contribution is 6.33. The molecule has 0 unspecified atom stereocenters. The summed E-state index contributed by atoms with van der Waals surface area (Å²) in [4.78, 5) is 42.8. The molecule has 6 heterocycles. The number of Topliss-reactive ketones (excluding diaryl/α,β-unsaturated/α-hetero) is 2. The molecule has 2 atom stereocenters. The molecule has 0 saturated heterocycles. The molecule has 4 aliphatic rings. The molecular weight excluding hydrogens is 1030 g/mol. The number of hydrogen-bond donors (Lipinski definition) is 5. The normalized spacial score (nSPS) is 16.0. The van der Waals surface area contributed by atoms with Gasteiger partial charge in [-0.15, -0.1) is 11.6 Å². The van der Waals surface area contributed by atoms with Crippen molar-refractivity contribution in [3.8, 4) is 11.5 Å². The number of oxazole rings is 2. The molecule has 2 aliphatic carbocycles. The van der Waals surface area contributed by atoms with Crippen LogP contribution in [-0.4, -0.2) is 96.4 Å². The molecule has 10 rings (SSSR count). The van der Waals surface area contributed by atoms with Gasteiger partial charge in [-0.05, 0) is 106 Å². The number of ketones is 2. The van der Waals surface area contributed by atoms with Gasteiger partial charge in [0.05, 0.1) is 34.6 Å². The maximum atomic E-state index is 14.9. The van der Waals surface area contributed by atoms with Crippen molar-refractivity contribution in [1.82, 2.24) is 30.2 Å². The third kappa shape index (κ3) is 15.7. The highest BCUT2D eigenvalue weighted by Crippen LogP contribution is 2.38. The smallest absolute Gasteiger partial charge is 0.181 e. The minimum absolute atomic E-state index is 0.0169. The number of carbonyl (C=O) groups excluding carboxylic acids is 2. The van der Waals surface area contributed by atoms with Crippen LogP contribution in [0.5, 0.6) is 11.5 Å². The lowest BCUT2D eigenvalue weighted by Gasteiger charge is -2.31. The first-order chi connectivity index (χ1) is 36.4. The fraction of sp³-hybridized carbons (Fsp3) is 0.444. The maximum Gasteiger partial charge on any atom is 0.181 e. The number of aliphatic hydroxyl groups is 2. The summed E-state index contributed by atoms with van der Waals surface area (Å²) in [5.74, 6) is 2.63. The third-order valence-corrected chi connectivity index (χ3v) is 14.7. The summed E-state index contributed by atoms with van der Waals surface area (Å²) in [5.41, 5.74) is 3.91. The van der Waals surface area contributed by atoms with E-state index in [4.69, 9.17) is 53.1 Å². The lowest BCUT2D eigenvalue weighted by Crippen LogP contribution is -2.37. The minimum Gasteiger partial charge on any atom is -0.484 e. The standard InChI is InChI=1S/C27H30ClFN4O4.C14H19ClN2O2.C13H12ClFN2O2/c28-27-21-7-9-33(14-22(21)23(29)11-25(27)36-15-20-12-30-16-37-20)13-19(34)4-5-24(35)17-6-8-31-26(10-17)32-18-2-1-3-18;15-9-12(18)4-5-13(19)10-6-7-16-14(8-10)17-11-2-1-3-11;14-13-9-1-2-16-5-10(9)11(15)3-12(13)18-6-8-4-17-7-19-8/h6,8,10-12,16,18-19,34H,1-5,7,9,13-15H2,(H,31,32);6-8,11-12,18H,1-5,9H2,(H,16,17);3-4,7,16H,1-2,5-6H2/t19-;12-;/m00./s1. The summed E-state index contributed by atoms with van der Waals surface area (Å²) in [7, 11) is 0. The number of rotatable bonds is 21. The van der Waals surface area contributed by atoms with Gasteiger partial charge in [-0.2, -0.15) is 0 Å². The Morgan fingerprint density at radius 2 is 1.27 bits per heavy atom. The number of nitrogens with zero attached hydrogens (tertiary/aromatic N) is 5. The van der Waals surface area contributed by atoms with Gasteiger partial charge in [-0.25, -0.2) is 28.7 Å². The summed E-state index contributed by atoms with van der Waals surface area (Å²) in [6, 6.07) is 10.5. The molecule has 75 heavy (non-hydrogen) atoms. The van der Waals surface area contributed by atoms with Gasteiger partial charge in [0, 0.05) is 104 Å². The highest BCUT2D eigenvalue weighted by Gasteiger charge is 2.27. The maximum absolute atomic E-state index is 14.9. The van der Waals surface area contributed by atoms with Gasteiger partial charge in [0.1, 0.15) is 48.0 Å². The van der Waals surface area contributed by atoms with Gasteiger partial charge in [-0.3, -0.25) is 14.5 Å². The quantitative estimate of drug-likeness (QED) is 0.0335. The Bertz CT molecular complexity index is 2820. The number of aromatic nitrogens is 4. The van der Waals surface area contributed by atoms with Gasteiger partial charge >= 0.3 is 0 Å². The van der Waals surface area contributed by atoms with E-state index in [0.717, 1.165) is 42.1 Å². The number of β-amino-alcohol motifs (C(OH)–C–C–N with tert-alkyl or cyclic N) is 1. The second kappa shape index (κ2) is 27.4. The highest BCUT2D eigenvalue weighted by atomic mass is 35.5. The SMILES string of the molecule is Fc1cc(OCc2cnco2)c(Cl)c2c1CNCC2.O=C(CC[C@H](O)CCl)c1ccnc(NC2CCC2)c1.O=C(CC[C@H](O)CN1CCc2c(Cl)c(OCc3cnco3)cc(F)c2C1)c1ccnc(NC2CCC2)c1. The number of hydrogen-bond acceptors (Lipinski definition) is 16. The molecule has 4 aromatic heterocycles. The van der Waals surface area contributed by atoms with Crippen molar-refractivity contribution in [2.45, 2.75) is 128 Å². The Balaban J connectivity index is 0.000000165. The fourth-order valence-corrected chi connectivity index (χ4v) is 9.58. The van der Waals surface area contributed by atoms with Crippen molar-refractivity contribution < 1.29 is 46.9 Å². The number of aliphatic hydroxyl groups excluding tert-OH is 2. The van der Waals surface area contributed by atoms with Crippen molar-refractivity contribution in [2.24, 2.45) is 0 Å². The van der Waals surface area contributed by atoms with Crippen molar-refractivity contribution in [2.75, 3.05) is 36.1 Å². The molecule has 2 fully saturated rings. The van der Waals surface area contributed by atoms with Crippen molar-refractivity contribution in [3.63, 3.8) is 0 Å². The van der Waals surface area contributed by atoms with E-state index in [0.29, 0.717) is 120 Å². The number of pyridine rings is 2. The zero-order chi connectivity index (χ0) is 52.7. The molecule has 0 spiro atoms. The molecule has 0 bridgehead atoms. The van der Waals surface area contributed by atoms with Crippen LogP contribution in [-0.2, 0) is 39.1 Å². The number of nitrogens with one attached hydrogen (secondary N) is 3. The van der Waals surface area contributed by atoms with Gasteiger partial charge in [0.25, 0.3) is 0 Å². The summed E-state index contributed by atoms with van der Waals surface area (Å²) in [5, 5.41) is 30.6. The molecule has 5 N–H and O–H groups in total. The molecule has 6 aromatic rings. The fourth-order valence-electron chi connectivity index (χ4n) is 8.79. The van der Waals surface area contributed by atoms with Crippen LogP contribution in [0.25, 0.3) is 0 Å². The van der Waals surface area contributed by atoms with Crippen LogP contribution < -0.4 is 25.4 Å². The number of ether oxygens (including phenoxy) is 2. The van der Waals surface area contributed by atoms with E-state index in [1.54, 1.807) is 42.9 Å². The van der Waals surface area contributed by atoms with Gasteiger partial charge < -0.3 is 44.5 Å². The monoisotopic (exact) mass is 1090 g/mol. The van der Waals surface area contributed by atoms with E-state index in [9.17, 15) is 28.6 Å². The zero-order valence-electron chi connectivity index (χ0n) is 41.3. The van der Waals surface area contributed by atoms with Gasteiger partial charge in [0.15, 0.2) is 35.9 Å². The van der Waals surface area contributed by atoms with E-state index in [2.05, 4.69) is 35.9 Å². The van der Waals surface area contributed by atoms with Crippen molar-refractivity contribution in [1.29, 1.82) is 0 Å². The molecule has 16 nitrogen and oxygen atoms in total. The molecule has 2 aromatic carbocycles. The average Bonchev–Trinajstić information content (AvgIpc) is 4.14. The summed E-state index contributed by atoms with van der Waals surface area (Å²) < 4.78 is 50.3. The zero-order valence-corrected chi connectivity index (χ0v) is 43.6. The molecule has 0 radical (unpaired) electrons. The van der Waals surface area contributed by atoms with E-state index >= 15 is 0 Å². The summed E-state index contributed by atoms with van der Waals surface area (Å²) in [6.07, 6.45) is 17.2. The molecule has 0 amide bonds. The van der Waals surface area contributed by atoms with Crippen LogP contribution in [0.1, 0.15) is 119 Å². The lowest BCUT2D eigenvalue weighted by molar-refractivity contribution is 0.0833. The molecule has 21 heteroatoms. The van der Waals surface area contributed by atoms with Crippen LogP contribution in [0, 0.1) is 11.6 Å². The first kappa shape index (κ1) is 55.5. The first-order valence-electron chi connectivity index (χ1n) is 25.3. The van der Waals surface area contributed by atoms with Crippen LogP contribution >= 0.6 is 34.8 Å². The second-order valence-corrected chi connectivity index (χ2v) is 20.0. The molecule has 2 saturated carbocycles. The van der Waals surface area contributed by atoms with Crippen LogP contribution in [0.3, 0.4) is 0 Å².